The summed E-state index contributed by atoms with van der Waals surface area (Å²) in [5.74, 6) is 1.11. The highest BCUT2D eigenvalue weighted by Gasteiger charge is 2.46. The Morgan fingerprint density at radius 2 is 1.71 bits per heavy atom. The summed E-state index contributed by atoms with van der Waals surface area (Å²) in [7, 11) is 0. The molecule has 0 aromatic heterocycles. The molecule has 1 heteroatoms. The van der Waals surface area contributed by atoms with Gasteiger partial charge in [-0.2, -0.15) is 0 Å². The second-order valence-electron chi connectivity index (χ2n) is 7.66. The molecule has 2 atom stereocenters. The van der Waals surface area contributed by atoms with Crippen molar-refractivity contribution in [3.8, 4) is 0 Å². The van der Waals surface area contributed by atoms with Gasteiger partial charge in [0.15, 0.2) is 0 Å². The fourth-order valence-electron chi connectivity index (χ4n) is 4.97. The minimum absolute atomic E-state index is 0.140. The molecule has 120 valence electrons. The van der Waals surface area contributed by atoms with Gasteiger partial charge in [-0.1, -0.05) is 49.0 Å². The average Bonchev–Trinajstić information content (AvgIpc) is 2.79. The molecule has 0 amide bonds. The maximum Gasteiger partial charge on any atom is 0.0468 e. The molecule has 0 aliphatic heterocycles. The Morgan fingerprint density at radius 3 is 2.24 bits per heavy atom. The van der Waals surface area contributed by atoms with Crippen molar-refractivity contribution in [2.75, 3.05) is 6.61 Å². The molecule has 1 nitrogen and oxygen atoms in total. The van der Waals surface area contributed by atoms with E-state index in [9.17, 15) is 5.11 Å². The molecule has 1 saturated carbocycles. The smallest absolute Gasteiger partial charge is 0.0468 e. The predicted octanol–water partition coefficient (Wildman–Crippen LogP) is 5.65. The molecule has 0 aromatic carbocycles. The van der Waals surface area contributed by atoms with Crippen molar-refractivity contribution in [1.29, 1.82) is 0 Å². The Kier molecular flexibility index (Phi) is 5.71. The summed E-state index contributed by atoms with van der Waals surface area (Å²) in [6, 6.07) is 0. The molecule has 0 aromatic rings. The third-order valence-electron chi connectivity index (χ3n) is 6.48. The summed E-state index contributed by atoms with van der Waals surface area (Å²) >= 11 is 0. The van der Waals surface area contributed by atoms with Gasteiger partial charge in [0.25, 0.3) is 0 Å². The Morgan fingerprint density at radius 1 is 1.10 bits per heavy atom. The first-order valence-electron chi connectivity index (χ1n) is 8.94. The lowest BCUT2D eigenvalue weighted by Gasteiger charge is -2.47. The van der Waals surface area contributed by atoms with Crippen LogP contribution in [0.5, 0.6) is 0 Å². The standard InChI is InChI=1S/C20H34O/c1-15(2)20(18-9-7-5-6-8-10-18)13-17(4)16(3)11-12-19(20)14-21/h18-19,21H,1,5-14H2,2-4H3. The lowest BCUT2D eigenvalue weighted by molar-refractivity contribution is 0.0509. The highest BCUT2D eigenvalue weighted by atomic mass is 16.3. The number of hydrogen-bond donors (Lipinski definition) is 1. The number of hydrogen-bond acceptors (Lipinski definition) is 1. The van der Waals surface area contributed by atoms with E-state index >= 15 is 0 Å². The molecule has 0 radical (unpaired) electrons. The van der Waals surface area contributed by atoms with Crippen molar-refractivity contribution in [2.45, 2.75) is 78.6 Å². The highest BCUT2D eigenvalue weighted by molar-refractivity contribution is 5.24. The van der Waals surface area contributed by atoms with Gasteiger partial charge in [0, 0.05) is 12.0 Å². The topological polar surface area (TPSA) is 20.2 Å². The van der Waals surface area contributed by atoms with Crippen molar-refractivity contribution in [3.63, 3.8) is 0 Å². The Balaban J connectivity index is 2.42. The van der Waals surface area contributed by atoms with Crippen LogP contribution in [0.15, 0.2) is 23.3 Å². The molecule has 2 rings (SSSR count). The molecule has 1 N–H and O–H groups in total. The Hall–Kier alpha value is -0.560. The first-order chi connectivity index (χ1) is 10.0. The summed E-state index contributed by atoms with van der Waals surface area (Å²) in [6.07, 6.45) is 11.6. The van der Waals surface area contributed by atoms with E-state index in [1.807, 2.05) is 0 Å². The van der Waals surface area contributed by atoms with Gasteiger partial charge in [0.05, 0.1) is 0 Å². The molecule has 0 heterocycles. The third kappa shape index (κ3) is 3.28. The van der Waals surface area contributed by atoms with Gasteiger partial charge in [-0.25, -0.2) is 0 Å². The minimum atomic E-state index is 0.140. The van der Waals surface area contributed by atoms with Crippen LogP contribution >= 0.6 is 0 Å². The summed E-state index contributed by atoms with van der Waals surface area (Å²) in [5.41, 5.74) is 4.56. The van der Waals surface area contributed by atoms with Gasteiger partial charge < -0.3 is 5.11 Å². The molecule has 0 spiro atoms. The molecular formula is C20H34O. The largest absolute Gasteiger partial charge is 0.396 e. The fourth-order valence-corrected chi connectivity index (χ4v) is 4.97. The second-order valence-corrected chi connectivity index (χ2v) is 7.66. The van der Waals surface area contributed by atoms with Crippen LogP contribution in [0.4, 0.5) is 0 Å². The van der Waals surface area contributed by atoms with Crippen LogP contribution in [0.1, 0.15) is 78.6 Å². The number of rotatable bonds is 3. The highest BCUT2D eigenvalue weighted by Crippen LogP contribution is 2.54. The van der Waals surface area contributed by atoms with Crippen LogP contribution in [0.2, 0.25) is 0 Å². The summed E-state index contributed by atoms with van der Waals surface area (Å²) in [5, 5.41) is 10.1. The quantitative estimate of drug-likeness (QED) is 0.526. The fraction of sp³-hybridized carbons (Fsp3) is 0.800. The van der Waals surface area contributed by atoms with Crippen LogP contribution in [-0.2, 0) is 0 Å². The van der Waals surface area contributed by atoms with Crippen molar-refractivity contribution < 1.29 is 5.11 Å². The van der Waals surface area contributed by atoms with E-state index in [2.05, 4.69) is 27.4 Å². The van der Waals surface area contributed by atoms with E-state index in [0.29, 0.717) is 12.5 Å². The maximum absolute atomic E-state index is 10.1. The summed E-state index contributed by atoms with van der Waals surface area (Å²) in [6.45, 7) is 11.6. The maximum atomic E-state index is 10.1. The van der Waals surface area contributed by atoms with Crippen LogP contribution in [-0.4, -0.2) is 11.7 Å². The van der Waals surface area contributed by atoms with Crippen molar-refractivity contribution in [3.05, 3.63) is 23.3 Å². The number of aliphatic hydroxyl groups is 1. The Bertz CT molecular complexity index is 398. The van der Waals surface area contributed by atoms with Crippen LogP contribution in [0.25, 0.3) is 0 Å². The van der Waals surface area contributed by atoms with Gasteiger partial charge in [-0.3, -0.25) is 0 Å². The van der Waals surface area contributed by atoms with E-state index < -0.39 is 0 Å². The lowest BCUT2D eigenvalue weighted by Crippen LogP contribution is -2.40. The van der Waals surface area contributed by atoms with E-state index in [0.717, 1.165) is 25.2 Å². The van der Waals surface area contributed by atoms with Crippen molar-refractivity contribution >= 4 is 0 Å². The van der Waals surface area contributed by atoms with Crippen LogP contribution in [0.3, 0.4) is 0 Å². The average molecular weight is 290 g/mol. The van der Waals surface area contributed by atoms with Gasteiger partial charge >= 0.3 is 0 Å². The SMILES string of the molecule is C=C(C)C1(C2CCCCCC2)CC(C)=C(C)CCC1CO. The van der Waals surface area contributed by atoms with Crippen LogP contribution < -0.4 is 0 Å². The molecule has 0 saturated heterocycles. The minimum Gasteiger partial charge on any atom is -0.396 e. The Labute approximate surface area is 131 Å². The second kappa shape index (κ2) is 7.13. The van der Waals surface area contributed by atoms with Gasteiger partial charge in [-0.05, 0) is 64.7 Å². The van der Waals surface area contributed by atoms with E-state index in [4.69, 9.17) is 0 Å². The zero-order chi connectivity index (χ0) is 15.5. The van der Waals surface area contributed by atoms with Gasteiger partial charge in [0.2, 0.25) is 0 Å². The monoisotopic (exact) mass is 290 g/mol. The zero-order valence-corrected chi connectivity index (χ0v) is 14.4. The van der Waals surface area contributed by atoms with Gasteiger partial charge in [0.1, 0.15) is 0 Å². The van der Waals surface area contributed by atoms with Gasteiger partial charge in [-0.15, -0.1) is 0 Å². The zero-order valence-electron chi connectivity index (χ0n) is 14.4. The lowest BCUT2D eigenvalue weighted by atomic mass is 9.58. The first-order valence-corrected chi connectivity index (χ1v) is 8.94. The normalized spacial score (nSPS) is 32.7. The molecule has 2 aliphatic carbocycles. The molecule has 21 heavy (non-hydrogen) atoms. The third-order valence-corrected chi connectivity index (χ3v) is 6.48. The predicted molar refractivity (Wildman–Crippen MR) is 91.2 cm³/mol. The van der Waals surface area contributed by atoms with E-state index in [-0.39, 0.29) is 5.41 Å². The van der Waals surface area contributed by atoms with Crippen LogP contribution in [0, 0.1) is 17.3 Å². The summed E-state index contributed by atoms with van der Waals surface area (Å²) < 4.78 is 0. The summed E-state index contributed by atoms with van der Waals surface area (Å²) in [4.78, 5) is 0. The van der Waals surface area contributed by atoms with Crippen molar-refractivity contribution in [2.24, 2.45) is 17.3 Å². The molecule has 0 bridgehead atoms. The molecule has 1 fully saturated rings. The van der Waals surface area contributed by atoms with E-state index in [1.54, 1.807) is 11.1 Å². The van der Waals surface area contributed by atoms with E-state index in [1.165, 1.54) is 44.1 Å². The molecular weight excluding hydrogens is 256 g/mol. The molecule has 2 aliphatic rings. The first kappa shape index (κ1) is 16.8. The molecule has 2 unspecified atom stereocenters. The van der Waals surface area contributed by atoms with Crippen molar-refractivity contribution in [1.82, 2.24) is 0 Å². The number of aliphatic hydroxyl groups excluding tert-OH is 1. The number of allylic oxidation sites excluding steroid dienone is 3.